The second-order valence-corrected chi connectivity index (χ2v) is 11.2. The second kappa shape index (κ2) is 13.0. The Morgan fingerprint density at radius 2 is 1.64 bits per heavy atom. The van der Waals surface area contributed by atoms with Crippen LogP contribution in [0.5, 0.6) is 5.75 Å². The average molecular weight is 655 g/mol. The van der Waals surface area contributed by atoms with Crippen molar-refractivity contribution in [3.63, 3.8) is 0 Å². The number of ether oxygens (including phenoxy) is 2. The van der Waals surface area contributed by atoms with Crippen LogP contribution in [-0.2, 0) is 28.7 Å². The third-order valence-corrected chi connectivity index (χ3v) is 7.92. The number of hydrogen-bond acceptors (Lipinski definition) is 4. The van der Waals surface area contributed by atoms with Crippen molar-refractivity contribution in [1.29, 1.82) is 0 Å². The van der Waals surface area contributed by atoms with Gasteiger partial charge in [0, 0.05) is 18.2 Å². The van der Waals surface area contributed by atoms with Crippen LogP contribution < -0.4 is 9.64 Å². The summed E-state index contributed by atoms with van der Waals surface area (Å²) in [4.78, 5) is 28.9. The first-order valence-electron chi connectivity index (χ1n) is 14.3. The summed E-state index contributed by atoms with van der Waals surface area (Å²) in [7, 11) is 0. The van der Waals surface area contributed by atoms with E-state index >= 15 is 0 Å². The Bertz CT molecular complexity index is 1380. The summed E-state index contributed by atoms with van der Waals surface area (Å²) >= 11 is 0. The number of carbonyl (C=O) groups is 2. The Hall–Kier alpha value is -3.65. The van der Waals surface area contributed by atoms with Gasteiger partial charge in [0.25, 0.3) is 0 Å². The van der Waals surface area contributed by atoms with Gasteiger partial charge in [0.15, 0.2) is 0 Å². The predicted octanol–water partition coefficient (Wildman–Crippen LogP) is 8.72. The van der Waals surface area contributed by atoms with Crippen LogP contribution in [-0.4, -0.2) is 42.0 Å². The Morgan fingerprint density at radius 1 is 0.978 bits per heavy atom. The van der Waals surface area contributed by atoms with E-state index < -0.39 is 66.8 Å². The number of benzene rings is 2. The van der Waals surface area contributed by atoms with E-state index in [-0.39, 0.29) is 35.2 Å². The van der Waals surface area contributed by atoms with Crippen LogP contribution in [0.3, 0.4) is 0 Å². The molecule has 45 heavy (non-hydrogen) atoms. The zero-order valence-corrected chi connectivity index (χ0v) is 24.3. The van der Waals surface area contributed by atoms with Crippen LogP contribution in [0.1, 0.15) is 74.3 Å². The summed E-state index contributed by atoms with van der Waals surface area (Å²) in [5.41, 5.74) is -2.11. The van der Waals surface area contributed by atoms with E-state index in [2.05, 4.69) is 4.74 Å². The molecule has 6 nitrogen and oxygen atoms in total. The van der Waals surface area contributed by atoms with Crippen LogP contribution >= 0.6 is 0 Å². The number of carbonyl (C=O) groups excluding carboxylic acids is 2. The summed E-state index contributed by atoms with van der Waals surface area (Å²) in [6.07, 6.45) is -15.1. The van der Waals surface area contributed by atoms with Crippen LogP contribution in [0.15, 0.2) is 36.4 Å². The van der Waals surface area contributed by atoms with Crippen LogP contribution in [0, 0.1) is 5.92 Å². The molecule has 1 aliphatic heterocycles. The lowest BCUT2D eigenvalue weighted by molar-refractivity contribution is -0.274. The number of hydrogen-bond donors (Lipinski definition) is 0. The molecule has 2 amide bonds. The van der Waals surface area contributed by atoms with Gasteiger partial charge < -0.3 is 14.4 Å². The zero-order valence-electron chi connectivity index (χ0n) is 24.3. The number of cyclic esters (lactones) is 1. The van der Waals surface area contributed by atoms with Crippen molar-refractivity contribution < 1.29 is 58.6 Å². The molecule has 1 saturated carbocycles. The first-order valence-corrected chi connectivity index (χ1v) is 14.3. The fourth-order valence-electron chi connectivity index (χ4n) is 5.89. The molecule has 0 bridgehead atoms. The van der Waals surface area contributed by atoms with Gasteiger partial charge in [-0.05, 0) is 73.7 Å². The van der Waals surface area contributed by atoms with E-state index in [4.69, 9.17) is 4.74 Å². The van der Waals surface area contributed by atoms with Gasteiger partial charge in [-0.15, -0.1) is 13.2 Å². The zero-order chi connectivity index (χ0) is 33.3. The Balaban J connectivity index is 1.70. The third kappa shape index (κ3) is 8.54. The number of anilines is 1. The standard InChI is InChI=1S/C30H31F9N2O4/c1-3-40(26(42)19-7-5-4-6-8-19)24-10-9-23(45-30(37,38)39)14-21(24)16-41-17(2)25(44-27(41)43)20-11-18(15-28(31,32)33)12-22(13-20)29(34,35)36/h9-14,17,19,25H,3-8,15-16H2,1-2H3. The molecule has 1 saturated heterocycles. The minimum Gasteiger partial charge on any atom is -0.439 e. The molecule has 0 N–H and O–H groups in total. The van der Waals surface area contributed by atoms with E-state index in [1.807, 2.05) is 0 Å². The van der Waals surface area contributed by atoms with Gasteiger partial charge in [-0.25, -0.2) is 4.79 Å². The highest BCUT2D eigenvalue weighted by Crippen LogP contribution is 2.40. The maximum Gasteiger partial charge on any atom is 0.573 e. The van der Waals surface area contributed by atoms with E-state index in [1.54, 1.807) is 6.92 Å². The first kappa shape index (κ1) is 34.2. The fourth-order valence-corrected chi connectivity index (χ4v) is 5.89. The lowest BCUT2D eigenvalue weighted by Crippen LogP contribution is -2.38. The average Bonchev–Trinajstić information content (AvgIpc) is 3.21. The maximum absolute atomic E-state index is 13.6. The quantitative estimate of drug-likeness (QED) is 0.267. The highest BCUT2D eigenvalue weighted by Gasteiger charge is 2.43. The van der Waals surface area contributed by atoms with Crippen molar-refractivity contribution in [2.45, 2.75) is 89.8 Å². The molecular formula is C30H31F9N2O4. The number of alkyl halides is 9. The normalized spacial score (nSPS) is 19.9. The van der Waals surface area contributed by atoms with Gasteiger partial charge in [0.1, 0.15) is 11.9 Å². The summed E-state index contributed by atoms with van der Waals surface area (Å²) < 4.78 is 129. The number of rotatable bonds is 8. The summed E-state index contributed by atoms with van der Waals surface area (Å²) in [6.45, 7) is 2.78. The van der Waals surface area contributed by atoms with Crippen molar-refractivity contribution in [2.75, 3.05) is 11.4 Å². The van der Waals surface area contributed by atoms with E-state index in [1.165, 1.54) is 17.9 Å². The Labute approximate surface area is 253 Å². The number of amides is 2. The van der Waals surface area contributed by atoms with E-state index in [0.29, 0.717) is 25.0 Å². The number of nitrogens with zero attached hydrogens (tertiary/aromatic N) is 2. The Kier molecular flexibility index (Phi) is 9.88. The van der Waals surface area contributed by atoms with Gasteiger partial charge in [-0.3, -0.25) is 9.69 Å². The fraction of sp³-hybridized carbons (Fsp3) is 0.533. The van der Waals surface area contributed by atoms with Gasteiger partial charge in [-0.1, -0.05) is 25.3 Å². The van der Waals surface area contributed by atoms with Gasteiger partial charge >= 0.3 is 24.8 Å². The van der Waals surface area contributed by atoms with Crippen molar-refractivity contribution in [2.24, 2.45) is 5.92 Å². The van der Waals surface area contributed by atoms with E-state index in [9.17, 15) is 49.1 Å². The van der Waals surface area contributed by atoms with Crippen LogP contribution in [0.25, 0.3) is 0 Å². The maximum atomic E-state index is 13.6. The lowest BCUT2D eigenvalue weighted by atomic mass is 9.88. The van der Waals surface area contributed by atoms with Crippen LogP contribution in [0.2, 0.25) is 0 Å². The Morgan fingerprint density at radius 3 is 2.22 bits per heavy atom. The molecule has 4 rings (SSSR count). The molecule has 15 heteroatoms. The molecule has 2 aromatic rings. The highest BCUT2D eigenvalue weighted by atomic mass is 19.4. The van der Waals surface area contributed by atoms with Gasteiger partial charge in [-0.2, -0.15) is 26.3 Å². The monoisotopic (exact) mass is 654 g/mol. The largest absolute Gasteiger partial charge is 0.573 e. The van der Waals surface area contributed by atoms with Gasteiger partial charge in [0.05, 0.1) is 24.6 Å². The molecule has 2 unspecified atom stereocenters. The minimum absolute atomic E-state index is 0.0639. The van der Waals surface area contributed by atoms with Crippen molar-refractivity contribution in [3.8, 4) is 5.75 Å². The summed E-state index contributed by atoms with van der Waals surface area (Å²) in [5, 5.41) is 0. The topological polar surface area (TPSA) is 59.1 Å². The van der Waals surface area contributed by atoms with Crippen molar-refractivity contribution >= 4 is 17.7 Å². The molecule has 2 fully saturated rings. The number of halogens is 9. The molecule has 1 aliphatic carbocycles. The highest BCUT2D eigenvalue weighted by molar-refractivity contribution is 5.96. The molecule has 2 aliphatic rings. The molecule has 248 valence electrons. The van der Waals surface area contributed by atoms with E-state index in [0.717, 1.165) is 42.4 Å². The van der Waals surface area contributed by atoms with Crippen LogP contribution in [0.4, 0.5) is 50.0 Å². The molecule has 1 heterocycles. The van der Waals surface area contributed by atoms with Crippen molar-refractivity contribution in [1.82, 2.24) is 4.90 Å². The first-order chi connectivity index (χ1) is 20.9. The molecule has 2 aromatic carbocycles. The second-order valence-electron chi connectivity index (χ2n) is 11.2. The molecule has 0 radical (unpaired) electrons. The van der Waals surface area contributed by atoms with Gasteiger partial charge in [0.2, 0.25) is 5.91 Å². The SMILES string of the molecule is CCN(C(=O)C1CCCCC1)c1ccc(OC(F)(F)F)cc1CN1C(=O)OC(c2cc(CC(F)(F)F)cc(C(F)(F)F)c2)C1C. The summed E-state index contributed by atoms with van der Waals surface area (Å²) in [6, 6.07) is 4.09. The third-order valence-electron chi connectivity index (χ3n) is 7.92. The molecule has 0 spiro atoms. The smallest absolute Gasteiger partial charge is 0.439 e. The molecular weight excluding hydrogens is 623 g/mol. The molecule has 0 aromatic heterocycles. The summed E-state index contributed by atoms with van der Waals surface area (Å²) in [5.74, 6) is -1.17. The van der Waals surface area contributed by atoms with Crippen molar-refractivity contribution in [3.05, 3.63) is 58.7 Å². The molecule has 2 atom stereocenters. The lowest BCUT2D eigenvalue weighted by Gasteiger charge is -2.31. The predicted molar refractivity (Wildman–Crippen MR) is 143 cm³/mol. The minimum atomic E-state index is -5.05.